The second-order valence-corrected chi connectivity index (χ2v) is 7.71. The highest BCUT2D eigenvalue weighted by Gasteiger charge is 2.21. The maximum atomic E-state index is 12.6. The van der Waals surface area contributed by atoms with Crippen LogP contribution in [0.25, 0.3) is 10.9 Å². The van der Waals surface area contributed by atoms with Gasteiger partial charge in [-0.3, -0.25) is 9.59 Å². The third-order valence-electron chi connectivity index (χ3n) is 5.45. The molecule has 1 aromatic carbocycles. The zero-order valence-electron chi connectivity index (χ0n) is 17.7. The normalized spacial score (nSPS) is 14.3. The fourth-order valence-corrected chi connectivity index (χ4v) is 3.71. The molecule has 1 aliphatic heterocycles. The number of hydrogen-bond acceptors (Lipinski definition) is 9. The minimum Gasteiger partial charge on any atom is -0.383 e. The minimum absolute atomic E-state index is 0.0928. The van der Waals surface area contributed by atoms with Gasteiger partial charge in [0.05, 0.1) is 5.52 Å². The molecule has 11 heteroatoms. The Morgan fingerprint density at radius 3 is 2.66 bits per heavy atom. The molecule has 0 unspecified atom stereocenters. The summed E-state index contributed by atoms with van der Waals surface area (Å²) in [5.41, 5.74) is 13.3. The lowest BCUT2D eigenvalue weighted by molar-refractivity contribution is -0.129. The van der Waals surface area contributed by atoms with Crippen LogP contribution in [-0.4, -0.2) is 55.8 Å². The number of anilines is 3. The second kappa shape index (κ2) is 9.00. The molecule has 3 heterocycles. The van der Waals surface area contributed by atoms with Crippen LogP contribution in [0.4, 0.5) is 17.6 Å². The first-order chi connectivity index (χ1) is 15.4. The molecule has 2 amide bonds. The third kappa shape index (κ3) is 4.82. The maximum absolute atomic E-state index is 12.6. The van der Waals surface area contributed by atoms with E-state index in [9.17, 15) is 9.59 Å². The number of aromatic nitrogens is 4. The topological polar surface area (TPSA) is 165 Å². The molecule has 166 valence electrons. The van der Waals surface area contributed by atoms with Gasteiger partial charge < -0.3 is 27.0 Å². The Morgan fingerprint density at radius 1 is 1.12 bits per heavy atom. The molecule has 0 saturated carbocycles. The molecule has 0 bridgehead atoms. The van der Waals surface area contributed by atoms with Crippen molar-refractivity contribution in [2.45, 2.75) is 32.4 Å². The Kier molecular flexibility index (Phi) is 5.97. The van der Waals surface area contributed by atoms with Crippen LogP contribution in [0.15, 0.2) is 30.6 Å². The third-order valence-corrected chi connectivity index (χ3v) is 5.45. The van der Waals surface area contributed by atoms with Crippen LogP contribution in [0.1, 0.15) is 35.8 Å². The molecule has 6 N–H and O–H groups in total. The molecular formula is C21H25N9O2. The summed E-state index contributed by atoms with van der Waals surface area (Å²) in [6.07, 6.45) is 3.01. The van der Waals surface area contributed by atoms with Crippen LogP contribution in [-0.2, 0) is 11.3 Å². The van der Waals surface area contributed by atoms with Crippen molar-refractivity contribution in [3.8, 4) is 0 Å². The van der Waals surface area contributed by atoms with Crippen molar-refractivity contribution in [1.29, 1.82) is 0 Å². The van der Waals surface area contributed by atoms with Crippen LogP contribution < -0.4 is 22.1 Å². The molecule has 32 heavy (non-hydrogen) atoms. The van der Waals surface area contributed by atoms with E-state index >= 15 is 0 Å². The molecular weight excluding hydrogens is 410 g/mol. The number of fused-ring (bicyclic) bond motifs is 1. The van der Waals surface area contributed by atoms with E-state index in [4.69, 9.17) is 11.5 Å². The average Bonchev–Trinajstić information content (AvgIpc) is 2.78. The van der Waals surface area contributed by atoms with Crippen molar-refractivity contribution in [2.24, 2.45) is 0 Å². The Hall–Kier alpha value is -4.02. The highest BCUT2D eigenvalue weighted by molar-refractivity contribution is 5.93. The first-order valence-electron chi connectivity index (χ1n) is 10.3. The first kappa shape index (κ1) is 21.2. The molecule has 0 radical (unpaired) electrons. The lowest BCUT2D eigenvalue weighted by Gasteiger charge is -2.31. The van der Waals surface area contributed by atoms with Crippen molar-refractivity contribution in [2.75, 3.05) is 29.9 Å². The maximum Gasteiger partial charge on any atom is 0.270 e. The summed E-state index contributed by atoms with van der Waals surface area (Å²) in [6, 6.07) is 7.27. The molecule has 0 atom stereocenters. The van der Waals surface area contributed by atoms with Crippen molar-refractivity contribution in [3.05, 3.63) is 41.9 Å². The first-order valence-corrected chi connectivity index (χ1v) is 10.3. The van der Waals surface area contributed by atoms with E-state index in [0.717, 1.165) is 18.4 Å². The van der Waals surface area contributed by atoms with Gasteiger partial charge in [-0.1, -0.05) is 6.07 Å². The second-order valence-electron chi connectivity index (χ2n) is 7.71. The van der Waals surface area contributed by atoms with E-state index < -0.39 is 0 Å². The highest BCUT2D eigenvalue weighted by atomic mass is 16.2. The minimum atomic E-state index is -0.316. The van der Waals surface area contributed by atoms with Crippen molar-refractivity contribution in [3.63, 3.8) is 0 Å². The van der Waals surface area contributed by atoms with E-state index in [1.807, 2.05) is 17.0 Å². The van der Waals surface area contributed by atoms with E-state index in [1.54, 1.807) is 19.1 Å². The Bertz CT molecular complexity index is 1160. The number of nitrogen functional groups attached to an aromatic ring is 2. The fourth-order valence-electron chi connectivity index (χ4n) is 3.71. The van der Waals surface area contributed by atoms with Gasteiger partial charge in [0.15, 0.2) is 0 Å². The van der Waals surface area contributed by atoms with Gasteiger partial charge in [-0.2, -0.15) is 4.98 Å². The van der Waals surface area contributed by atoms with Gasteiger partial charge in [0.2, 0.25) is 11.9 Å². The zero-order chi connectivity index (χ0) is 22.7. The number of nitrogens with zero attached hydrogens (tertiary/aromatic N) is 5. The summed E-state index contributed by atoms with van der Waals surface area (Å²) in [4.78, 5) is 42.3. The summed E-state index contributed by atoms with van der Waals surface area (Å²) < 4.78 is 0. The molecule has 2 aromatic heterocycles. The van der Waals surface area contributed by atoms with Gasteiger partial charge in [-0.15, -0.1) is 0 Å². The van der Waals surface area contributed by atoms with Crippen molar-refractivity contribution < 1.29 is 9.59 Å². The average molecular weight is 435 g/mol. The van der Waals surface area contributed by atoms with E-state index in [2.05, 4.69) is 30.6 Å². The van der Waals surface area contributed by atoms with Gasteiger partial charge in [0.25, 0.3) is 5.91 Å². The lowest BCUT2D eigenvalue weighted by Crippen LogP contribution is -2.41. The van der Waals surface area contributed by atoms with Crippen LogP contribution in [0.2, 0.25) is 0 Å². The quantitative estimate of drug-likeness (QED) is 0.456. The zero-order valence-corrected chi connectivity index (χ0v) is 17.7. The van der Waals surface area contributed by atoms with Gasteiger partial charge >= 0.3 is 0 Å². The molecule has 1 aliphatic rings. The molecule has 1 fully saturated rings. The predicted octanol–water partition coefficient (Wildman–Crippen LogP) is 0.937. The molecule has 0 aliphatic carbocycles. The summed E-state index contributed by atoms with van der Waals surface area (Å²) in [5, 5.41) is 6.86. The number of nitrogens with one attached hydrogen (secondary N) is 2. The number of likely N-dealkylation sites (tertiary alicyclic amines) is 1. The number of benzene rings is 1. The SMILES string of the molecule is CC(=O)N1CCC(Nc2cc(C(=O)NCc3ccc4nc(N)nc(N)c4c3)ncn2)CC1. The summed E-state index contributed by atoms with van der Waals surface area (Å²) in [6.45, 7) is 3.28. The monoisotopic (exact) mass is 435 g/mol. The highest BCUT2D eigenvalue weighted by Crippen LogP contribution is 2.20. The number of carbonyl (C=O) groups is 2. The molecule has 11 nitrogen and oxygen atoms in total. The molecule has 1 saturated heterocycles. The summed E-state index contributed by atoms with van der Waals surface area (Å²) >= 11 is 0. The van der Waals surface area contributed by atoms with Crippen LogP contribution in [0, 0.1) is 0 Å². The molecule has 3 aromatic rings. The summed E-state index contributed by atoms with van der Waals surface area (Å²) in [7, 11) is 0. The van der Waals surface area contributed by atoms with E-state index in [1.165, 1.54) is 6.33 Å². The van der Waals surface area contributed by atoms with Gasteiger partial charge in [0.1, 0.15) is 23.7 Å². The molecule has 4 rings (SSSR count). The van der Waals surface area contributed by atoms with E-state index in [0.29, 0.717) is 35.6 Å². The van der Waals surface area contributed by atoms with Crippen molar-refractivity contribution >= 4 is 40.3 Å². The van der Waals surface area contributed by atoms with Crippen molar-refractivity contribution in [1.82, 2.24) is 30.2 Å². The number of piperidine rings is 1. The number of amides is 2. The van der Waals surface area contributed by atoms with Gasteiger partial charge in [-0.05, 0) is 30.5 Å². The predicted molar refractivity (Wildman–Crippen MR) is 120 cm³/mol. The number of rotatable bonds is 5. The smallest absolute Gasteiger partial charge is 0.270 e. The van der Waals surface area contributed by atoms with Crippen LogP contribution >= 0.6 is 0 Å². The number of carbonyl (C=O) groups excluding carboxylic acids is 2. The molecule has 0 spiro atoms. The Morgan fingerprint density at radius 2 is 1.91 bits per heavy atom. The van der Waals surface area contributed by atoms with Crippen LogP contribution in [0.5, 0.6) is 0 Å². The fraction of sp³-hybridized carbons (Fsp3) is 0.333. The number of hydrogen-bond donors (Lipinski definition) is 4. The summed E-state index contributed by atoms with van der Waals surface area (Å²) in [5.74, 6) is 0.772. The van der Waals surface area contributed by atoms with E-state index in [-0.39, 0.29) is 36.0 Å². The van der Waals surface area contributed by atoms with Gasteiger partial charge in [-0.25, -0.2) is 15.0 Å². The standard InChI is InChI=1S/C21H25N9O2/c1-12(31)30-6-4-14(5-7-30)27-18-9-17(25-11-26-18)20(32)24-10-13-2-3-16-15(8-13)19(22)29-21(23)28-16/h2-3,8-9,11,14H,4-7,10H2,1H3,(H,24,32)(H,25,26,27)(H4,22,23,28,29). The lowest BCUT2D eigenvalue weighted by atomic mass is 10.1. The van der Waals surface area contributed by atoms with Gasteiger partial charge in [0, 0.05) is 44.1 Å². The largest absolute Gasteiger partial charge is 0.383 e. The van der Waals surface area contributed by atoms with Crippen LogP contribution in [0.3, 0.4) is 0 Å². The number of nitrogens with two attached hydrogens (primary N) is 2. The Labute approximate surface area is 184 Å². The Balaban J connectivity index is 1.37.